The molecule has 3 aromatic heterocycles. The minimum Gasteiger partial charge on any atom is -0.363 e. The zero-order valence-electron chi connectivity index (χ0n) is 17.4. The Hall–Kier alpha value is -3.10. The predicted octanol–water partition coefficient (Wildman–Crippen LogP) is 3.83. The number of hydrogen-bond donors (Lipinski definition) is 3. The SMILES string of the molecule is [C-]#[N+]c1cc(F)c(N[C@H](CS(=O)(=O)NC)C(C)(C)C)nc1-c1c[nH]c2ncc(F)cc12. The van der Waals surface area contributed by atoms with Crippen molar-refractivity contribution in [2.45, 2.75) is 26.8 Å². The van der Waals surface area contributed by atoms with Crippen LogP contribution >= 0.6 is 0 Å². The van der Waals surface area contributed by atoms with Gasteiger partial charge in [-0.3, -0.25) is 0 Å². The number of aromatic amines is 1. The molecule has 3 aromatic rings. The van der Waals surface area contributed by atoms with Crippen molar-refractivity contribution in [3.05, 3.63) is 47.6 Å². The predicted molar refractivity (Wildman–Crippen MR) is 115 cm³/mol. The highest BCUT2D eigenvalue weighted by molar-refractivity contribution is 7.89. The fraction of sp³-hybridized carbons (Fsp3) is 0.350. The molecule has 1 atom stereocenters. The van der Waals surface area contributed by atoms with E-state index in [-0.39, 0.29) is 23.0 Å². The number of halogens is 2. The first-order valence-electron chi connectivity index (χ1n) is 9.34. The van der Waals surface area contributed by atoms with Gasteiger partial charge in [-0.25, -0.2) is 36.7 Å². The van der Waals surface area contributed by atoms with Crippen molar-refractivity contribution in [3.63, 3.8) is 0 Å². The third-order valence-corrected chi connectivity index (χ3v) is 6.28. The van der Waals surface area contributed by atoms with Gasteiger partial charge >= 0.3 is 0 Å². The Bertz CT molecular complexity index is 1280. The van der Waals surface area contributed by atoms with Gasteiger partial charge in [0.1, 0.15) is 11.5 Å². The van der Waals surface area contributed by atoms with E-state index in [1.54, 1.807) is 0 Å². The first-order valence-corrected chi connectivity index (χ1v) is 11.0. The van der Waals surface area contributed by atoms with E-state index in [2.05, 4.69) is 29.8 Å². The summed E-state index contributed by atoms with van der Waals surface area (Å²) in [5.41, 5.74) is 0.265. The van der Waals surface area contributed by atoms with Crippen LogP contribution < -0.4 is 10.0 Å². The summed E-state index contributed by atoms with van der Waals surface area (Å²) in [5, 5.41) is 3.27. The van der Waals surface area contributed by atoms with Crippen LogP contribution in [0.2, 0.25) is 0 Å². The summed E-state index contributed by atoms with van der Waals surface area (Å²) in [6.45, 7) is 12.8. The number of nitrogens with one attached hydrogen (secondary N) is 3. The molecule has 8 nitrogen and oxygen atoms in total. The lowest BCUT2D eigenvalue weighted by molar-refractivity contribution is 0.357. The quantitative estimate of drug-likeness (QED) is 0.497. The Morgan fingerprint density at radius 2 is 2.00 bits per heavy atom. The highest BCUT2D eigenvalue weighted by atomic mass is 32.2. The molecule has 31 heavy (non-hydrogen) atoms. The molecule has 0 amide bonds. The molecule has 0 aliphatic heterocycles. The van der Waals surface area contributed by atoms with Crippen molar-refractivity contribution < 1.29 is 17.2 Å². The van der Waals surface area contributed by atoms with Crippen molar-refractivity contribution >= 4 is 32.6 Å². The molecule has 0 aliphatic rings. The molecule has 0 fully saturated rings. The number of rotatable bonds is 6. The average molecular weight is 448 g/mol. The molecule has 0 aliphatic carbocycles. The smallest absolute Gasteiger partial charge is 0.216 e. The van der Waals surface area contributed by atoms with Crippen molar-refractivity contribution in [1.82, 2.24) is 19.7 Å². The lowest BCUT2D eigenvalue weighted by Crippen LogP contribution is -2.43. The molecule has 164 valence electrons. The molecule has 0 spiro atoms. The van der Waals surface area contributed by atoms with Gasteiger partial charge in [-0.2, -0.15) is 0 Å². The molecule has 3 heterocycles. The lowest BCUT2D eigenvalue weighted by atomic mass is 9.88. The second-order valence-electron chi connectivity index (χ2n) is 8.10. The summed E-state index contributed by atoms with van der Waals surface area (Å²) < 4.78 is 55.0. The van der Waals surface area contributed by atoms with Crippen LogP contribution in [0.15, 0.2) is 24.5 Å². The molecule has 0 saturated heterocycles. The lowest BCUT2D eigenvalue weighted by Gasteiger charge is -2.31. The fourth-order valence-electron chi connectivity index (χ4n) is 3.01. The van der Waals surface area contributed by atoms with E-state index in [0.717, 1.165) is 12.3 Å². The number of pyridine rings is 2. The number of fused-ring (bicyclic) bond motifs is 1. The van der Waals surface area contributed by atoms with Gasteiger partial charge in [-0.1, -0.05) is 20.8 Å². The molecule has 0 radical (unpaired) electrons. The van der Waals surface area contributed by atoms with Crippen molar-refractivity contribution in [3.8, 4) is 11.3 Å². The van der Waals surface area contributed by atoms with E-state index in [4.69, 9.17) is 6.57 Å². The van der Waals surface area contributed by atoms with E-state index in [1.807, 2.05) is 20.8 Å². The molecule has 0 unspecified atom stereocenters. The second kappa shape index (κ2) is 8.20. The minimum absolute atomic E-state index is 0.0663. The van der Waals surface area contributed by atoms with E-state index in [1.165, 1.54) is 19.3 Å². The first-order chi connectivity index (χ1) is 14.4. The van der Waals surface area contributed by atoms with E-state index < -0.39 is 33.1 Å². The van der Waals surface area contributed by atoms with Gasteiger partial charge in [0.15, 0.2) is 11.6 Å². The third kappa shape index (κ3) is 4.81. The summed E-state index contributed by atoms with van der Waals surface area (Å²) in [5.74, 6) is -1.87. The van der Waals surface area contributed by atoms with Crippen LogP contribution in [0.25, 0.3) is 27.1 Å². The van der Waals surface area contributed by atoms with Crippen LogP contribution in [0.1, 0.15) is 20.8 Å². The Labute approximate surface area is 179 Å². The van der Waals surface area contributed by atoms with Gasteiger partial charge in [0.2, 0.25) is 15.7 Å². The minimum atomic E-state index is -3.60. The van der Waals surface area contributed by atoms with Gasteiger partial charge in [0.05, 0.1) is 24.2 Å². The maximum atomic E-state index is 14.8. The standard InChI is InChI=1S/C20H22F2N6O2S/c1-20(2,3)16(10-31(29,30)24-5)27-19-14(22)7-15(23-4)17(28-19)13-9-26-18-12(13)6-11(21)8-25-18/h6-9,16,24H,10H2,1-3,5H3,(H,25,26)(H,27,28)/t16-/m1/s1. The third-order valence-electron chi connectivity index (χ3n) is 4.88. The van der Waals surface area contributed by atoms with Crippen LogP contribution in [0.4, 0.5) is 20.3 Å². The summed E-state index contributed by atoms with van der Waals surface area (Å²) >= 11 is 0. The highest BCUT2D eigenvalue weighted by Crippen LogP contribution is 2.36. The summed E-state index contributed by atoms with van der Waals surface area (Å²) in [4.78, 5) is 14.5. The number of H-pyrrole nitrogens is 1. The van der Waals surface area contributed by atoms with E-state index in [0.29, 0.717) is 16.6 Å². The van der Waals surface area contributed by atoms with Crippen LogP contribution in [0, 0.1) is 23.6 Å². The van der Waals surface area contributed by atoms with E-state index in [9.17, 15) is 17.2 Å². The molecular formula is C20H22F2N6O2S. The highest BCUT2D eigenvalue weighted by Gasteiger charge is 2.31. The Kier molecular flexibility index (Phi) is 5.98. The zero-order chi connectivity index (χ0) is 23.0. The van der Waals surface area contributed by atoms with Crippen molar-refractivity contribution in [1.29, 1.82) is 0 Å². The Morgan fingerprint density at radius 3 is 2.61 bits per heavy atom. The second-order valence-corrected chi connectivity index (χ2v) is 10.1. The van der Waals surface area contributed by atoms with Crippen molar-refractivity contribution in [2.24, 2.45) is 5.41 Å². The monoisotopic (exact) mass is 448 g/mol. The maximum absolute atomic E-state index is 14.8. The summed E-state index contributed by atoms with van der Waals surface area (Å²) in [7, 11) is -2.29. The zero-order valence-corrected chi connectivity index (χ0v) is 18.2. The Balaban J connectivity index is 2.12. The van der Waals surface area contributed by atoms with Gasteiger partial charge in [0.25, 0.3) is 0 Å². The van der Waals surface area contributed by atoms with Crippen LogP contribution in [-0.2, 0) is 10.0 Å². The molecule has 3 rings (SSSR count). The molecule has 11 heteroatoms. The number of sulfonamides is 1. The normalized spacial score (nSPS) is 13.2. The number of hydrogen-bond acceptors (Lipinski definition) is 5. The van der Waals surface area contributed by atoms with Gasteiger partial charge in [-0.15, -0.1) is 0 Å². The molecule has 3 N–H and O–H groups in total. The molecule has 0 bridgehead atoms. The summed E-state index contributed by atoms with van der Waals surface area (Å²) in [6, 6.07) is 1.58. The molecule has 0 aromatic carbocycles. The van der Waals surface area contributed by atoms with Gasteiger partial charge < -0.3 is 10.3 Å². The molecule has 0 saturated carbocycles. The molecular weight excluding hydrogens is 426 g/mol. The maximum Gasteiger partial charge on any atom is 0.216 e. The van der Waals surface area contributed by atoms with Gasteiger partial charge in [-0.05, 0) is 24.6 Å². The van der Waals surface area contributed by atoms with Crippen molar-refractivity contribution in [2.75, 3.05) is 18.1 Å². The van der Waals surface area contributed by atoms with Gasteiger partial charge in [0, 0.05) is 23.2 Å². The average Bonchev–Trinajstić information content (AvgIpc) is 3.10. The van der Waals surface area contributed by atoms with Crippen LogP contribution in [0.5, 0.6) is 0 Å². The first kappa shape index (κ1) is 22.6. The van der Waals surface area contributed by atoms with Crippen LogP contribution in [-0.4, -0.2) is 42.2 Å². The largest absolute Gasteiger partial charge is 0.363 e. The topological polar surface area (TPSA) is 104 Å². The number of aromatic nitrogens is 3. The fourth-order valence-corrected chi connectivity index (χ4v) is 4.20. The number of nitrogens with zero attached hydrogens (tertiary/aromatic N) is 3. The summed E-state index contributed by atoms with van der Waals surface area (Å²) in [6.07, 6.45) is 2.57. The Morgan fingerprint density at radius 1 is 1.29 bits per heavy atom. The van der Waals surface area contributed by atoms with Crippen LogP contribution in [0.3, 0.4) is 0 Å². The van der Waals surface area contributed by atoms with E-state index >= 15 is 0 Å². The number of anilines is 1.